The van der Waals surface area contributed by atoms with Crippen molar-refractivity contribution < 1.29 is 9.09 Å². The molecule has 0 fully saturated rings. The number of nitrogens with one attached hydrogen (secondary N) is 1. The summed E-state index contributed by atoms with van der Waals surface area (Å²) in [5.41, 5.74) is 0. The standard InChI is InChI=1S/C9H20NO2P/c1-5-7-9(8-6-2)12-13(4,11)10-3/h7H,5-6,8H2,1-4H3,(H,10,11). The van der Waals surface area contributed by atoms with E-state index in [1.807, 2.05) is 13.0 Å². The molecule has 13 heavy (non-hydrogen) atoms. The first-order valence-corrected chi connectivity index (χ1v) is 6.78. The van der Waals surface area contributed by atoms with Gasteiger partial charge in [-0.3, -0.25) is 4.57 Å². The van der Waals surface area contributed by atoms with Crippen LogP contribution in [0.15, 0.2) is 11.8 Å². The molecular weight excluding hydrogens is 185 g/mol. The van der Waals surface area contributed by atoms with Gasteiger partial charge >= 0.3 is 7.52 Å². The second kappa shape index (κ2) is 6.22. The first-order valence-electron chi connectivity index (χ1n) is 4.70. The first-order chi connectivity index (χ1) is 6.05. The lowest BCUT2D eigenvalue weighted by Gasteiger charge is -2.16. The molecule has 0 saturated heterocycles. The zero-order valence-corrected chi connectivity index (χ0v) is 9.86. The number of hydrogen-bond acceptors (Lipinski definition) is 2. The van der Waals surface area contributed by atoms with Crippen molar-refractivity contribution in [3.8, 4) is 0 Å². The van der Waals surface area contributed by atoms with Gasteiger partial charge in [-0.15, -0.1) is 0 Å². The predicted molar refractivity (Wildman–Crippen MR) is 57.0 cm³/mol. The van der Waals surface area contributed by atoms with E-state index >= 15 is 0 Å². The average Bonchev–Trinajstić information content (AvgIpc) is 2.05. The fraction of sp³-hybridized carbons (Fsp3) is 0.778. The Bertz CT molecular complexity index is 214. The van der Waals surface area contributed by atoms with Crippen LogP contribution in [-0.4, -0.2) is 13.7 Å². The molecule has 1 atom stereocenters. The van der Waals surface area contributed by atoms with E-state index in [2.05, 4.69) is 12.0 Å². The third-order valence-corrected chi connectivity index (χ3v) is 3.02. The molecule has 0 saturated carbocycles. The van der Waals surface area contributed by atoms with Gasteiger partial charge in [-0.2, -0.15) is 0 Å². The Hall–Kier alpha value is -0.270. The summed E-state index contributed by atoms with van der Waals surface area (Å²) in [5, 5.41) is 2.68. The molecule has 0 aliphatic heterocycles. The smallest absolute Gasteiger partial charge is 0.313 e. The predicted octanol–water partition coefficient (Wildman–Crippen LogP) is 3.14. The van der Waals surface area contributed by atoms with Gasteiger partial charge in [-0.1, -0.05) is 13.8 Å². The molecular formula is C9H20NO2P. The third-order valence-electron chi connectivity index (χ3n) is 1.63. The van der Waals surface area contributed by atoms with Crippen LogP contribution >= 0.6 is 7.52 Å². The average molecular weight is 205 g/mol. The highest BCUT2D eigenvalue weighted by molar-refractivity contribution is 7.56. The Labute approximate surface area is 81.1 Å². The maximum atomic E-state index is 11.6. The van der Waals surface area contributed by atoms with Crippen molar-refractivity contribution in [2.24, 2.45) is 0 Å². The van der Waals surface area contributed by atoms with Crippen LogP contribution in [0.5, 0.6) is 0 Å². The van der Waals surface area contributed by atoms with E-state index < -0.39 is 7.52 Å². The van der Waals surface area contributed by atoms with E-state index in [0.29, 0.717) is 0 Å². The van der Waals surface area contributed by atoms with Gasteiger partial charge < -0.3 is 4.52 Å². The zero-order valence-electron chi connectivity index (χ0n) is 8.96. The normalized spacial score (nSPS) is 16.8. The number of hydrogen-bond donors (Lipinski definition) is 1. The minimum Gasteiger partial charge on any atom is -0.438 e. The van der Waals surface area contributed by atoms with Crippen molar-refractivity contribution in [1.29, 1.82) is 0 Å². The Kier molecular flexibility index (Phi) is 6.10. The van der Waals surface area contributed by atoms with Gasteiger partial charge in [0.15, 0.2) is 0 Å². The topological polar surface area (TPSA) is 38.3 Å². The van der Waals surface area contributed by atoms with Gasteiger partial charge in [0.2, 0.25) is 0 Å². The van der Waals surface area contributed by atoms with Crippen molar-refractivity contribution in [1.82, 2.24) is 5.09 Å². The van der Waals surface area contributed by atoms with Crippen LogP contribution in [0, 0.1) is 0 Å². The fourth-order valence-electron chi connectivity index (χ4n) is 0.928. The molecule has 0 amide bonds. The lowest BCUT2D eigenvalue weighted by molar-refractivity contribution is 0.381. The highest BCUT2D eigenvalue weighted by Gasteiger charge is 2.14. The molecule has 3 nitrogen and oxygen atoms in total. The molecule has 0 aromatic rings. The minimum atomic E-state index is -2.61. The molecule has 0 aliphatic rings. The summed E-state index contributed by atoms with van der Waals surface area (Å²) in [4.78, 5) is 0. The van der Waals surface area contributed by atoms with E-state index in [1.54, 1.807) is 13.7 Å². The second-order valence-electron chi connectivity index (χ2n) is 2.99. The molecule has 0 aromatic heterocycles. The first kappa shape index (κ1) is 12.7. The lowest BCUT2D eigenvalue weighted by atomic mass is 10.2. The van der Waals surface area contributed by atoms with Crippen LogP contribution in [0.4, 0.5) is 0 Å². The van der Waals surface area contributed by atoms with Gasteiger partial charge in [-0.05, 0) is 26.0 Å². The van der Waals surface area contributed by atoms with Crippen molar-refractivity contribution >= 4 is 7.52 Å². The molecule has 0 aromatic carbocycles. The molecule has 1 N–H and O–H groups in total. The maximum absolute atomic E-state index is 11.6. The monoisotopic (exact) mass is 205 g/mol. The van der Waals surface area contributed by atoms with Gasteiger partial charge in [0.1, 0.15) is 5.76 Å². The Morgan fingerprint density at radius 2 is 2.15 bits per heavy atom. The summed E-state index contributed by atoms with van der Waals surface area (Å²) < 4.78 is 16.9. The Balaban J connectivity index is 4.26. The van der Waals surface area contributed by atoms with E-state index in [1.165, 1.54) is 0 Å². The van der Waals surface area contributed by atoms with E-state index in [4.69, 9.17) is 4.52 Å². The van der Waals surface area contributed by atoms with Crippen LogP contribution in [-0.2, 0) is 9.09 Å². The van der Waals surface area contributed by atoms with Gasteiger partial charge in [0.05, 0.1) is 0 Å². The number of rotatable bonds is 6. The highest BCUT2D eigenvalue weighted by atomic mass is 31.2. The molecule has 0 radical (unpaired) electrons. The molecule has 78 valence electrons. The molecule has 4 heteroatoms. The SMILES string of the molecule is CCC=C(CCC)OP(C)(=O)NC. The fourth-order valence-corrected chi connectivity index (χ4v) is 1.63. The van der Waals surface area contributed by atoms with Crippen LogP contribution < -0.4 is 5.09 Å². The zero-order chi connectivity index (χ0) is 10.3. The van der Waals surface area contributed by atoms with Gasteiger partial charge in [-0.25, -0.2) is 5.09 Å². The van der Waals surface area contributed by atoms with E-state index in [-0.39, 0.29) is 0 Å². The summed E-state index contributed by atoms with van der Waals surface area (Å²) >= 11 is 0. The summed E-state index contributed by atoms with van der Waals surface area (Å²) in [6, 6.07) is 0. The molecule has 0 bridgehead atoms. The van der Waals surface area contributed by atoms with E-state index in [0.717, 1.165) is 25.0 Å². The minimum absolute atomic E-state index is 0.838. The van der Waals surface area contributed by atoms with Crippen LogP contribution in [0.3, 0.4) is 0 Å². The van der Waals surface area contributed by atoms with Crippen molar-refractivity contribution in [3.63, 3.8) is 0 Å². The van der Waals surface area contributed by atoms with Crippen LogP contribution in [0.25, 0.3) is 0 Å². The summed E-state index contributed by atoms with van der Waals surface area (Å²) in [7, 11) is -0.958. The van der Waals surface area contributed by atoms with Crippen LogP contribution in [0.2, 0.25) is 0 Å². The summed E-state index contributed by atoms with van der Waals surface area (Å²) in [6.07, 6.45) is 4.76. The van der Waals surface area contributed by atoms with Gasteiger partial charge in [0.25, 0.3) is 0 Å². The third kappa shape index (κ3) is 5.89. The second-order valence-corrected chi connectivity index (χ2v) is 5.31. The Morgan fingerprint density at radius 1 is 1.54 bits per heavy atom. The van der Waals surface area contributed by atoms with Crippen molar-refractivity contribution in [2.45, 2.75) is 33.1 Å². The number of allylic oxidation sites excluding steroid dienone is 2. The maximum Gasteiger partial charge on any atom is 0.313 e. The quantitative estimate of drug-likeness (QED) is 0.534. The lowest BCUT2D eigenvalue weighted by Crippen LogP contribution is -2.04. The van der Waals surface area contributed by atoms with Crippen molar-refractivity contribution in [2.75, 3.05) is 13.7 Å². The van der Waals surface area contributed by atoms with Crippen molar-refractivity contribution in [3.05, 3.63) is 11.8 Å². The van der Waals surface area contributed by atoms with Gasteiger partial charge in [0, 0.05) is 13.1 Å². The molecule has 0 aliphatic carbocycles. The molecule has 0 rings (SSSR count). The molecule has 0 heterocycles. The van der Waals surface area contributed by atoms with E-state index in [9.17, 15) is 4.57 Å². The largest absolute Gasteiger partial charge is 0.438 e. The molecule has 1 unspecified atom stereocenters. The summed E-state index contributed by atoms with van der Waals surface area (Å²) in [5.74, 6) is 0.838. The van der Waals surface area contributed by atoms with Crippen LogP contribution in [0.1, 0.15) is 33.1 Å². The summed E-state index contributed by atoms with van der Waals surface area (Å²) in [6.45, 7) is 5.71. The highest BCUT2D eigenvalue weighted by Crippen LogP contribution is 2.40. The molecule has 0 spiro atoms. The Morgan fingerprint density at radius 3 is 2.54 bits per heavy atom.